The van der Waals surface area contributed by atoms with E-state index in [1.807, 2.05) is 125 Å². The molecule has 3 saturated heterocycles. The number of nitrogens with one attached hydrogen (secondary N) is 3. The number of fused-ring (bicyclic) bond motifs is 3. The lowest BCUT2D eigenvalue weighted by Gasteiger charge is -2.31. The van der Waals surface area contributed by atoms with E-state index in [1.165, 1.54) is 6.08 Å². The summed E-state index contributed by atoms with van der Waals surface area (Å²) in [4.78, 5) is 122. The topological polar surface area (TPSA) is 277 Å². The molecule has 3 atom stereocenters. The molecule has 0 aliphatic carbocycles. The molecule has 12 heterocycles. The van der Waals surface area contributed by atoms with E-state index < -0.39 is 0 Å². The summed E-state index contributed by atoms with van der Waals surface area (Å²) in [6, 6.07) is 38.3. The number of hydrogen-bond donors (Lipinski definition) is 3. The van der Waals surface area contributed by atoms with Crippen LogP contribution in [0.15, 0.2) is 177 Å². The molecule has 6 amide bonds. The molecular weight excluding hydrogens is 1410 g/mol. The summed E-state index contributed by atoms with van der Waals surface area (Å²) >= 11 is 0. The van der Waals surface area contributed by atoms with Gasteiger partial charge < -0.3 is 30.7 Å². The number of aromatic nitrogens is 12. The van der Waals surface area contributed by atoms with Gasteiger partial charge in [-0.05, 0) is 178 Å². The fourth-order valence-corrected chi connectivity index (χ4v) is 14.4. The number of carbonyl (C=O) groups excluding carboxylic acids is 6. The number of anilines is 3. The molecule has 9 aromatic heterocycles. The van der Waals surface area contributed by atoms with Crippen molar-refractivity contribution in [3.63, 3.8) is 0 Å². The van der Waals surface area contributed by atoms with Crippen molar-refractivity contribution in [2.75, 3.05) is 55.2 Å². The predicted molar refractivity (Wildman–Crippen MR) is 439 cm³/mol. The third kappa shape index (κ3) is 17.5. The lowest BCUT2D eigenvalue weighted by Crippen LogP contribution is -2.39. The summed E-state index contributed by atoms with van der Waals surface area (Å²) in [5.74, 6) is 14.3. The SMILES string of the molecule is C.C.C.C=CC(=O)N1CCC[C@@H](c2nc(-c3ccc(C(=O)Nc4ccccn4)cc3)c3c(C)ncc(C)n23)C1.CC#CC(=O)N1CCC[C@@H](c2nc(-c3ccc(C(=O)Nc4ccccn4)cc3)c3c(C)ncc(C)n23)C1.CC#CC(=O)N1CC[C@@H](c2nc(-c3ccc(C(=O)Nc4ccccn4)cc3)c3c(C)ncc(C)n23)C1. The van der Waals surface area contributed by atoms with Crippen molar-refractivity contribution in [3.05, 3.63) is 246 Å². The monoisotopic (exact) mass is 1500 g/mol. The second-order valence-electron chi connectivity index (χ2n) is 27.1. The molecule has 3 fully saturated rings. The van der Waals surface area contributed by atoms with Gasteiger partial charge in [-0.2, -0.15) is 0 Å². The maximum Gasteiger partial charge on any atom is 0.298 e. The molecule has 3 N–H and O–H groups in total. The summed E-state index contributed by atoms with van der Waals surface area (Å²) in [7, 11) is 0. The molecule has 15 rings (SSSR count). The Morgan fingerprint density at radius 3 is 1.04 bits per heavy atom. The van der Waals surface area contributed by atoms with Gasteiger partial charge in [-0.15, -0.1) is 0 Å². The Bertz CT molecular complexity index is 5580. The molecule has 0 spiro atoms. The zero-order valence-electron chi connectivity index (χ0n) is 62.0. The molecule has 0 bridgehead atoms. The van der Waals surface area contributed by atoms with Crippen LogP contribution in [-0.2, 0) is 14.4 Å². The summed E-state index contributed by atoms with van der Waals surface area (Å²) in [5, 5.41) is 8.43. The number of benzene rings is 3. The highest BCUT2D eigenvalue weighted by Crippen LogP contribution is 2.38. The van der Waals surface area contributed by atoms with Crippen molar-refractivity contribution < 1.29 is 28.8 Å². The zero-order valence-corrected chi connectivity index (χ0v) is 62.0. The molecule has 112 heavy (non-hydrogen) atoms. The standard InChI is InChI=1S/C29H28N6O2.C28H28N6O2.C28H26N6O2.3CH4/c1-4-8-25(36)34-16-7-9-23(18-34)28-33-26(27-20(3)31-17-19(2)35(27)28)21-11-13-22(14-12-21)29(37)32-24-10-5-6-15-30-24;1-4-24(35)33-15-7-8-22(17-33)27-32-25(26-19(3)30-16-18(2)34(26)27)20-10-12-21(13-11-20)28(36)31-23-9-5-6-14-29-23;1-4-7-24(35)33-15-13-22(17-33)27-32-25(26-19(3)30-16-18(2)34(26)27)20-9-11-21(12-10-20)28(36)31-23-8-5-6-14-29-23;;;/h5-6,10-15,17,23H,7,9,16,18H2,1-3H3,(H,30,32,37);4-6,9-14,16,22H,1,7-8,15,17H2,2-3H3,(H,29,31,36);5-6,8-12,14,16,22H,13,15,17H2,1-3H3,(H,29,31,36);3*1H4/t23-;2*22-;;;/m111.../s1. The van der Waals surface area contributed by atoms with Crippen molar-refractivity contribution in [3.8, 4) is 57.5 Å². The molecule has 0 saturated carbocycles. The average molecular weight is 1500 g/mol. The number of aryl methyl sites for hydroxylation is 6. The van der Waals surface area contributed by atoms with Crippen molar-refractivity contribution in [1.82, 2.24) is 72.8 Å². The van der Waals surface area contributed by atoms with Gasteiger partial charge in [0.15, 0.2) is 0 Å². The highest BCUT2D eigenvalue weighted by molar-refractivity contribution is 6.06. The van der Waals surface area contributed by atoms with Gasteiger partial charge in [0, 0.05) is 145 Å². The van der Waals surface area contributed by atoms with Gasteiger partial charge in [0.05, 0.1) is 50.7 Å². The number of carbonyl (C=O) groups is 6. The number of piperidine rings is 2. The van der Waals surface area contributed by atoms with Gasteiger partial charge >= 0.3 is 0 Å². The van der Waals surface area contributed by atoms with Crippen LogP contribution in [0.25, 0.3) is 50.3 Å². The Kier molecular flexibility index (Phi) is 26.3. The van der Waals surface area contributed by atoms with Crippen LogP contribution in [0, 0.1) is 65.2 Å². The first-order valence-electron chi connectivity index (χ1n) is 36.2. The Morgan fingerprint density at radius 1 is 0.411 bits per heavy atom. The van der Waals surface area contributed by atoms with E-state index in [0.29, 0.717) is 66.9 Å². The van der Waals surface area contributed by atoms with Crippen LogP contribution in [0.3, 0.4) is 0 Å². The van der Waals surface area contributed by atoms with E-state index in [4.69, 9.17) is 15.0 Å². The first-order valence-corrected chi connectivity index (χ1v) is 36.2. The normalized spacial score (nSPS) is 14.9. The van der Waals surface area contributed by atoms with Gasteiger partial charge in [0.2, 0.25) is 5.91 Å². The number of pyridine rings is 3. The molecule has 0 unspecified atom stereocenters. The number of rotatable bonds is 13. The van der Waals surface area contributed by atoms with Gasteiger partial charge in [-0.3, -0.25) is 56.9 Å². The van der Waals surface area contributed by atoms with Crippen LogP contribution in [-0.4, -0.2) is 147 Å². The van der Waals surface area contributed by atoms with E-state index in [1.54, 1.807) is 110 Å². The lowest BCUT2D eigenvalue weighted by molar-refractivity contribution is -0.127. The summed E-state index contributed by atoms with van der Waals surface area (Å²) in [5.41, 5.74) is 15.1. The number of hydrogen-bond acceptors (Lipinski definition) is 15. The molecule has 572 valence electrons. The first-order chi connectivity index (χ1) is 52.9. The van der Waals surface area contributed by atoms with Gasteiger partial charge in [-0.25, -0.2) is 29.9 Å². The minimum Gasteiger partial charge on any atom is -0.338 e. The van der Waals surface area contributed by atoms with Crippen LogP contribution in [0.4, 0.5) is 17.5 Å². The summed E-state index contributed by atoms with van der Waals surface area (Å²) < 4.78 is 6.50. The fourth-order valence-electron chi connectivity index (χ4n) is 14.4. The average Bonchev–Trinajstić information content (AvgIpc) is 1.61. The van der Waals surface area contributed by atoms with Crippen LogP contribution in [0.5, 0.6) is 0 Å². The molecule has 12 aromatic rings. The Hall–Kier alpha value is -13.4. The Morgan fingerprint density at radius 2 is 0.723 bits per heavy atom. The number of likely N-dealkylation sites (tertiary alicyclic amines) is 3. The summed E-state index contributed by atoms with van der Waals surface area (Å²) in [6.45, 7) is 22.9. The van der Waals surface area contributed by atoms with Crippen LogP contribution in [0.2, 0.25) is 0 Å². The lowest BCUT2D eigenvalue weighted by atomic mass is 9.97. The number of imidazole rings is 3. The first kappa shape index (κ1) is 81.2. The zero-order chi connectivity index (χ0) is 76.4. The minimum absolute atomic E-state index is 0. The van der Waals surface area contributed by atoms with Crippen molar-refractivity contribution >= 4 is 69.4 Å². The van der Waals surface area contributed by atoms with Crippen molar-refractivity contribution in [2.45, 2.75) is 128 Å². The molecule has 3 aliphatic heterocycles. The van der Waals surface area contributed by atoms with E-state index >= 15 is 0 Å². The Labute approximate surface area is 653 Å². The highest BCUT2D eigenvalue weighted by atomic mass is 16.2. The van der Waals surface area contributed by atoms with Crippen LogP contribution >= 0.6 is 0 Å². The molecule has 24 nitrogen and oxygen atoms in total. The second-order valence-corrected chi connectivity index (χ2v) is 27.1. The van der Waals surface area contributed by atoms with E-state index in [0.717, 1.165) is 141 Å². The quantitative estimate of drug-likeness (QED) is 0.0715. The molecule has 3 aromatic carbocycles. The largest absolute Gasteiger partial charge is 0.338 e. The maximum absolute atomic E-state index is 12.7. The molecule has 3 aliphatic rings. The van der Waals surface area contributed by atoms with Crippen LogP contribution in [0.1, 0.15) is 169 Å². The van der Waals surface area contributed by atoms with Crippen LogP contribution < -0.4 is 16.0 Å². The third-order valence-electron chi connectivity index (χ3n) is 19.8. The van der Waals surface area contributed by atoms with E-state index in [-0.39, 0.29) is 75.5 Å². The highest BCUT2D eigenvalue weighted by Gasteiger charge is 2.34. The van der Waals surface area contributed by atoms with Gasteiger partial charge in [0.1, 0.15) is 34.9 Å². The minimum atomic E-state index is -0.227. The molecule has 24 heteroatoms. The molecular formula is C88H94N18O6. The second kappa shape index (κ2) is 36.2. The fraction of sp³-hybridized carbons (Fsp3) is 0.284. The number of nitrogens with zero attached hydrogens (tertiary/aromatic N) is 15. The maximum atomic E-state index is 12.7. The third-order valence-corrected chi connectivity index (χ3v) is 19.8. The van der Waals surface area contributed by atoms with Crippen molar-refractivity contribution in [1.29, 1.82) is 0 Å². The molecule has 0 radical (unpaired) electrons. The van der Waals surface area contributed by atoms with E-state index in [9.17, 15) is 28.8 Å². The smallest absolute Gasteiger partial charge is 0.298 e. The number of amides is 6. The summed E-state index contributed by atoms with van der Waals surface area (Å²) in [6.07, 6.45) is 16.4. The van der Waals surface area contributed by atoms with E-state index in [2.05, 4.69) is 89.3 Å². The van der Waals surface area contributed by atoms with Gasteiger partial charge in [0.25, 0.3) is 29.5 Å². The van der Waals surface area contributed by atoms with Gasteiger partial charge in [-0.1, -0.05) is 95.3 Å². The Balaban J connectivity index is 0.000000176. The van der Waals surface area contributed by atoms with Crippen molar-refractivity contribution in [2.24, 2.45) is 0 Å². The predicted octanol–water partition coefficient (Wildman–Crippen LogP) is 14.9.